The van der Waals surface area contributed by atoms with Gasteiger partial charge in [-0.3, -0.25) is 9.78 Å². The van der Waals surface area contributed by atoms with E-state index in [1.165, 1.54) is 12.1 Å². The Morgan fingerprint density at radius 3 is 2.78 bits per heavy atom. The van der Waals surface area contributed by atoms with Crippen LogP contribution < -0.4 is 9.64 Å². The Morgan fingerprint density at radius 1 is 1.12 bits per heavy atom. The molecule has 1 amide bonds. The molecule has 3 atom stereocenters. The minimum absolute atomic E-state index is 0.00181. The lowest BCUT2D eigenvalue weighted by molar-refractivity contribution is -0.127. The number of likely N-dealkylation sites (tertiary alicyclic amines) is 2. The number of nitrogens with zero attached hydrogens (tertiary/aromatic N) is 6. The van der Waals surface area contributed by atoms with E-state index < -0.39 is 11.6 Å². The van der Waals surface area contributed by atoms with E-state index in [1.807, 2.05) is 16.0 Å². The van der Waals surface area contributed by atoms with E-state index in [2.05, 4.69) is 28.5 Å². The summed E-state index contributed by atoms with van der Waals surface area (Å²) in [7, 11) is 2.06. The van der Waals surface area contributed by atoms with Gasteiger partial charge in [0.25, 0.3) is 0 Å². The molecule has 7 rings (SSSR count). The number of likely N-dealkylation sites (N-methyl/N-ethyl adjacent to an activating group) is 1. The number of ether oxygens (including phenoxy) is 1. The van der Waals surface area contributed by atoms with Gasteiger partial charge in [-0.05, 0) is 81.8 Å². The van der Waals surface area contributed by atoms with E-state index in [0.29, 0.717) is 36.5 Å². The highest BCUT2D eigenvalue weighted by Gasteiger charge is 2.49. The third-order valence-corrected chi connectivity index (χ3v) is 9.48. The molecule has 0 radical (unpaired) electrons. The van der Waals surface area contributed by atoms with E-state index in [4.69, 9.17) is 9.72 Å². The fourth-order valence-electron chi connectivity index (χ4n) is 7.18. The molecule has 1 aromatic carbocycles. The van der Waals surface area contributed by atoms with Crippen molar-refractivity contribution < 1.29 is 18.3 Å². The Morgan fingerprint density at radius 2 is 1.98 bits per heavy atom. The molecule has 0 spiro atoms. The van der Waals surface area contributed by atoms with E-state index in [1.54, 1.807) is 6.20 Å². The lowest BCUT2D eigenvalue weighted by atomic mass is 9.87. The number of hydrogen-bond donors (Lipinski definition) is 0. The number of pyridine rings is 1. The molecule has 10 heteroatoms. The van der Waals surface area contributed by atoms with Crippen molar-refractivity contribution in [2.75, 3.05) is 38.2 Å². The third-order valence-electron chi connectivity index (χ3n) is 9.48. The van der Waals surface area contributed by atoms with Gasteiger partial charge in [0.15, 0.2) is 5.82 Å². The summed E-state index contributed by atoms with van der Waals surface area (Å²) in [4.78, 5) is 32.0. The molecular formula is C31H34F2N6O2. The fourth-order valence-corrected chi connectivity index (χ4v) is 7.18. The zero-order chi connectivity index (χ0) is 28.2. The lowest BCUT2D eigenvalue weighted by Crippen LogP contribution is -2.63. The van der Waals surface area contributed by atoms with Crippen LogP contribution in [0, 0.1) is 11.6 Å². The van der Waals surface area contributed by atoms with Gasteiger partial charge in [0.05, 0.1) is 17.6 Å². The molecule has 3 aromatic rings. The SMILES string of the molecule is C=CC(=O)N1CC[C@@H]2[C@H]1CN2c1nc(OC[C@@H]2CCCN2C)nc2c(F)c(-c3cncc4c3CCCC4)c(F)cc12. The molecule has 0 N–H and O–H groups in total. The topological polar surface area (TPSA) is 74.7 Å². The molecule has 3 fully saturated rings. The summed E-state index contributed by atoms with van der Waals surface area (Å²) in [6, 6.07) is 1.68. The fraction of sp³-hybridized carbons (Fsp3) is 0.484. The summed E-state index contributed by atoms with van der Waals surface area (Å²) in [6.07, 6.45) is 11.2. The van der Waals surface area contributed by atoms with Crippen molar-refractivity contribution in [2.45, 2.75) is 63.1 Å². The molecule has 3 aliphatic heterocycles. The van der Waals surface area contributed by atoms with Crippen LogP contribution in [-0.4, -0.2) is 82.1 Å². The highest BCUT2D eigenvalue weighted by Crippen LogP contribution is 2.42. The van der Waals surface area contributed by atoms with Crippen LogP contribution in [0.2, 0.25) is 0 Å². The number of benzene rings is 1. The van der Waals surface area contributed by atoms with Gasteiger partial charge < -0.3 is 19.4 Å². The maximum absolute atomic E-state index is 16.5. The molecule has 5 heterocycles. The summed E-state index contributed by atoms with van der Waals surface area (Å²) in [6.45, 7) is 6.14. The number of carbonyl (C=O) groups excluding carboxylic acids is 1. The predicted molar refractivity (Wildman–Crippen MR) is 152 cm³/mol. The van der Waals surface area contributed by atoms with Crippen LogP contribution in [0.25, 0.3) is 22.0 Å². The van der Waals surface area contributed by atoms with Gasteiger partial charge >= 0.3 is 6.01 Å². The second kappa shape index (κ2) is 10.3. The Balaban J connectivity index is 1.32. The first-order valence-corrected chi connectivity index (χ1v) is 14.6. The molecule has 0 saturated carbocycles. The minimum Gasteiger partial charge on any atom is -0.462 e. The minimum atomic E-state index is -0.723. The zero-order valence-electron chi connectivity index (χ0n) is 23.3. The van der Waals surface area contributed by atoms with Gasteiger partial charge in [0.1, 0.15) is 23.8 Å². The molecule has 8 nitrogen and oxygen atoms in total. The number of hydrogen-bond acceptors (Lipinski definition) is 7. The van der Waals surface area contributed by atoms with Crippen molar-refractivity contribution in [3.63, 3.8) is 0 Å². The van der Waals surface area contributed by atoms with Crippen molar-refractivity contribution in [3.8, 4) is 17.1 Å². The van der Waals surface area contributed by atoms with Gasteiger partial charge in [-0.1, -0.05) is 6.58 Å². The van der Waals surface area contributed by atoms with Gasteiger partial charge in [-0.2, -0.15) is 9.97 Å². The molecule has 2 aromatic heterocycles. The normalized spacial score (nSPS) is 23.8. The standard InChI is InChI=1S/C31H34F2N6O2/c1-3-26(40)38-12-10-24-25(38)16-39(24)30-21-13-23(32)27(22-15-34-14-18-7-4-5-9-20(18)22)28(33)29(21)35-31(36-30)41-17-19-8-6-11-37(19)2/h3,13-15,19,24-25H,1,4-12,16-17H2,2H3/t19-,24+,25+/m0/s1. The van der Waals surface area contributed by atoms with Gasteiger partial charge in [0, 0.05) is 42.5 Å². The summed E-state index contributed by atoms with van der Waals surface area (Å²) in [5.41, 5.74) is 2.44. The number of amides is 1. The van der Waals surface area contributed by atoms with Crippen LogP contribution in [0.1, 0.15) is 43.2 Å². The third kappa shape index (κ3) is 4.34. The average Bonchev–Trinajstić information content (AvgIpc) is 3.53. The van der Waals surface area contributed by atoms with Crippen LogP contribution in [0.4, 0.5) is 14.6 Å². The molecule has 0 bridgehead atoms. The number of halogens is 2. The lowest BCUT2D eigenvalue weighted by Gasteiger charge is -2.47. The summed E-state index contributed by atoms with van der Waals surface area (Å²) < 4.78 is 38.5. The van der Waals surface area contributed by atoms with E-state index in [-0.39, 0.29) is 41.1 Å². The molecule has 41 heavy (non-hydrogen) atoms. The van der Waals surface area contributed by atoms with Crippen LogP contribution in [0.15, 0.2) is 31.1 Å². The Hall–Kier alpha value is -3.66. The van der Waals surface area contributed by atoms with Crippen molar-refractivity contribution in [1.29, 1.82) is 0 Å². The van der Waals surface area contributed by atoms with Gasteiger partial charge in [-0.25, -0.2) is 8.78 Å². The smallest absolute Gasteiger partial charge is 0.319 e. The van der Waals surface area contributed by atoms with Crippen LogP contribution in [0.5, 0.6) is 6.01 Å². The highest BCUT2D eigenvalue weighted by molar-refractivity contribution is 5.95. The van der Waals surface area contributed by atoms with Crippen molar-refractivity contribution in [3.05, 3.63) is 53.9 Å². The number of rotatable bonds is 6. The molecule has 3 saturated heterocycles. The number of anilines is 1. The molecule has 0 unspecified atom stereocenters. The summed E-state index contributed by atoms with van der Waals surface area (Å²) in [5, 5.41) is 0.304. The highest BCUT2D eigenvalue weighted by atomic mass is 19.1. The maximum Gasteiger partial charge on any atom is 0.319 e. The van der Waals surface area contributed by atoms with E-state index in [9.17, 15) is 4.79 Å². The molecular weight excluding hydrogens is 526 g/mol. The quantitative estimate of drug-likeness (QED) is 0.417. The van der Waals surface area contributed by atoms with Crippen molar-refractivity contribution >= 4 is 22.6 Å². The Bertz CT molecular complexity index is 1550. The average molecular weight is 561 g/mol. The van der Waals surface area contributed by atoms with Crippen LogP contribution >= 0.6 is 0 Å². The van der Waals surface area contributed by atoms with Crippen molar-refractivity contribution in [1.82, 2.24) is 24.8 Å². The number of aryl methyl sites for hydroxylation is 1. The summed E-state index contributed by atoms with van der Waals surface area (Å²) >= 11 is 0. The number of aromatic nitrogens is 3. The first-order chi connectivity index (χ1) is 19.9. The summed E-state index contributed by atoms with van der Waals surface area (Å²) in [5.74, 6) is -1.04. The second-order valence-corrected chi connectivity index (χ2v) is 11.7. The van der Waals surface area contributed by atoms with Crippen LogP contribution in [-0.2, 0) is 17.6 Å². The monoisotopic (exact) mass is 560 g/mol. The van der Waals surface area contributed by atoms with Crippen molar-refractivity contribution in [2.24, 2.45) is 0 Å². The molecule has 1 aliphatic carbocycles. The largest absolute Gasteiger partial charge is 0.462 e. The Kier molecular flexibility index (Phi) is 6.60. The Labute approximate surface area is 238 Å². The molecule has 214 valence electrons. The first kappa shape index (κ1) is 26.3. The van der Waals surface area contributed by atoms with Crippen LogP contribution in [0.3, 0.4) is 0 Å². The van der Waals surface area contributed by atoms with Gasteiger partial charge in [-0.15, -0.1) is 0 Å². The van der Waals surface area contributed by atoms with E-state index in [0.717, 1.165) is 62.6 Å². The van der Waals surface area contributed by atoms with Gasteiger partial charge in [0.2, 0.25) is 5.91 Å². The first-order valence-electron chi connectivity index (χ1n) is 14.6. The second-order valence-electron chi connectivity index (χ2n) is 11.7. The van der Waals surface area contributed by atoms with E-state index >= 15 is 8.78 Å². The zero-order valence-corrected chi connectivity index (χ0v) is 23.3. The number of carbonyl (C=O) groups is 1. The predicted octanol–water partition coefficient (Wildman–Crippen LogP) is 4.30. The maximum atomic E-state index is 16.5. The number of fused-ring (bicyclic) bond motifs is 3. The molecule has 4 aliphatic rings.